The van der Waals surface area contributed by atoms with Crippen LogP contribution in [0.3, 0.4) is 0 Å². The molecule has 6 heteroatoms. The highest BCUT2D eigenvalue weighted by Crippen LogP contribution is 2.28. The number of aryl methyl sites for hydroxylation is 1. The number of benzene rings is 1. The van der Waals surface area contributed by atoms with Crippen molar-refractivity contribution in [2.75, 3.05) is 6.54 Å². The van der Waals surface area contributed by atoms with Gasteiger partial charge in [0.25, 0.3) is 5.91 Å². The monoisotopic (exact) mass is 252 g/mol. The van der Waals surface area contributed by atoms with Crippen LogP contribution in [0.1, 0.15) is 19.4 Å². The molecule has 0 aliphatic carbocycles. The van der Waals surface area contributed by atoms with Crippen molar-refractivity contribution in [2.24, 2.45) is 0 Å². The van der Waals surface area contributed by atoms with Gasteiger partial charge < -0.3 is 10.1 Å². The Bertz CT molecular complexity index is 459. The van der Waals surface area contributed by atoms with E-state index in [0.717, 1.165) is 5.56 Å². The second-order valence-corrected chi connectivity index (χ2v) is 3.88. The highest BCUT2D eigenvalue weighted by atomic mass is 16.6. The summed E-state index contributed by atoms with van der Waals surface area (Å²) in [7, 11) is 0. The molecular weight excluding hydrogens is 236 g/mol. The Morgan fingerprint density at radius 1 is 1.56 bits per heavy atom. The maximum Gasteiger partial charge on any atom is 0.311 e. The fourth-order valence-electron chi connectivity index (χ4n) is 1.43. The van der Waals surface area contributed by atoms with Gasteiger partial charge in [0.2, 0.25) is 0 Å². The van der Waals surface area contributed by atoms with E-state index in [0.29, 0.717) is 6.54 Å². The SMILES string of the molecule is CCNC(=O)[C@H](C)Oc1ccc(C)cc1[N+](=O)[O-]. The number of nitrogens with zero attached hydrogens (tertiary/aromatic N) is 1. The minimum Gasteiger partial charge on any atom is -0.474 e. The second kappa shape index (κ2) is 6.00. The number of hydrogen-bond acceptors (Lipinski definition) is 4. The van der Waals surface area contributed by atoms with Crippen LogP contribution < -0.4 is 10.1 Å². The second-order valence-electron chi connectivity index (χ2n) is 3.88. The Labute approximate surface area is 105 Å². The third-order valence-electron chi connectivity index (χ3n) is 2.34. The average Bonchev–Trinajstić information content (AvgIpc) is 2.31. The first-order valence-corrected chi connectivity index (χ1v) is 5.65. The van der Waals surface area contributed by atoms with Gasteiger partial charge in [-0.1, -0.05) is 6.07 Å². The molecule has 0 saturated heterocycles. The summed E-state index contributed by atoms with van der Waals surface area (Å²) in [6.45, 7) is 5.58. The molecule has 0 aliphatic rings. The van der Waals surface area contributed by atoms with Gasteiger partial charge in [-0.2, -0.15) is 0 Å². The molecule has 0 heterocycles. The van der Waals surface area contributed by atoms with E-state index < -0.39 is 11.0 Å². The number of amides is 1. The highest BCUT2D eigenvalue weighted by Gasteiger charge is 2.20. The molecule has 1 rings (SSSR count). The summed E-state index contributed by atoms with van der Waals surface area (Å²) in [5.41, 5.74) is 0.630. The van der Waals surface area contributed by atoms with Crippen LogP contribution in [0.25, 0.3) is 0 Å². The number of nitro benzene ring substituents is 1. The molecule has 1 N–H and O–H groups in total. The zero-order chi connectivity index (χ0) is 13.7. The maximum absolute atomic E-state index is 11.5. The lowest BCUT2D eigenvalue weighted by atomic mass is 10.2. The summed E-state index contributed by atoms with van der Waals surface area (Å²) in [6.07, 6.45) is -0.772. The van der Waals surface area contributed by atoms with Gasteiger partial charge in [0, 0.05) is 12.6 Å². The predicted octanol–water partition coefficient (Wildman–Crippen LogP) is 1.81. The molecule has 0 saturated carbocycles. The Morgan fingerprint density at radius 2 is 2.22 bits per heavy atom. The Kier molecular flexibility index (Phi) is 4.65. The first kappa shape index (κ1) is 14.0. The van der Waals surface area contributed by atoms with Gasteiger partial charge >= 0.3 is 5.69 Å². The molecule has 1 aromatic carbocycles. The molecule has 0 aromatic heterocycles. The number of ether oxygens (including phenoxy) is 1. The number of nitrogens with one attached hydrogen (secondary N) is 1. The summed E-state index contributed by atoms with van der Waals surface area (Å²) in [4.78, 5) is 21.8. The van der Waals surface area contributed by atoms with Gasteiger partial charge in [-0.25, -0.2) is 0 Å². The molecule has 1 aromatic rings. The van der Waals surface area contributed by atoms with Crippen molar-refractivity contribution >= 4 is 11.6 Å². The van der Waals surface area contributed by atoms with Crippen LogP contribution in [-0.2, 0) is 4.79 Å². The van der Waals surface area contributed by atoms with E-state index in [2.05, 4.69) is 5.32 Å². The standard InChI is InChI=1S/C12H16N2O4/c1-4-13-12(15)9(3)18-11-6-5-8(2)7-10(11)14(16)17/h5-7,9H,4H2,1-3H3,(H,13,15)/t9-/m0/s1. The van der Waals surface area contributed by atoms with E-state index >= 15 is 0 Å². The van der Waals surface area contributed by atoms with Crippen molar-refractivity contribution in [1.82, 2.24) is 5.32 Å². The lowest BCUT2D eigenvalue weighted by Gasteiger charge is -2.14. The van der Waals surface area contributed by atoms with Gasteiger partial charge in [0.15, 0.2) is 11.9 Å². The number of hydrogen-bond donors (Lipinski definition) is 1. The number of nitro groups is 1. The summed E-state index contributed by atoms with van der Waals surface area (Å²) < 4.78 is 5.32. The number of carbonyl (C=O) groups is 1. The lowest BCUT2D eigenvalue weighted by molar-refractivity contribution is -0.386. The van der Waals surface area contributed by atoms with Gasteiger partial charge in [0.05, 0.1) is 4.92 Å². The summed E-state index contributed by atoms with van der Waals surface area (Å²) in [5.74, 6) is -0.197. The third-order valence-corrected chi connectivity index (χ3v) is 2.34. The third kappa shape index (κ3) is 3.44. The molecule has 0 aliphatic heterocycles. The molecule has 1 atom stereocenters. The zero-order valence-electron chi connectivity index (χ0n) is 10.6. The quantitative estimate of drug-likeness (QED) is 0.640. The van der Waals surface area contributed by atoms with Crippen molar-refractivity contribution in [1.29, 1.82) is 0 Å². The molecule has 0 bridgehead atoms. The molecule has 0 unspecified atom stereocenters. The van der Waals surface area contributed by atoms with E-state index in [1.165, 1.54) is 12.1 Å². The Balaban J connectivity index is 2.90. The minimum atomic E-state index is -0.772. The van der Waals surface area contributed by atoms with Crippen LogP contribution >= 0.6 is 0 Å². The van der Waals surface area contributed by atoms with Gasteiger partial charge in [0.1, 0.15) is 0 Å². The van der Waals surface area contributed by atoms with Crippen LogP contribution in [-0.4, -0.2) is 23.5 Å². The van der Waals surface area contributed by atoms with E-state index in [1.807, 2.05) is 0 Å². The van der Waals surface area contributed by atoms with E-state index in [4.69, 9.17) is 4.74 Å². The molecule has 6 nitrogen and oxygen atoms in total. The molecular formula is C12H16N2O4. The average molecular weight is 252 g/mol. The largest absolute Gasteiger partial charge is 0.474 e. The summed E-state index contributed by atoms with van der Waals surface area (Å²) in [5, 5.41) is 13.5. The van der Waals surface area contributed by atoms with Crippen molar-refractivity contribution in [3.05, 3.63) is 33.9 Å². The van der Waals surface area contributed by atoms with Crippen LogP contribution in [0.5, 0.6) is 5.75 Å². The first-order chi connectivity index (χ1) is 8.45. The van der Waals surface area contributed by atoms with Crippen LogP contribution in [0.2, 0.25) is 0 Å². The maximum atomic E-state index is 11.5. The lowest BCUT2D eigenvalue weighted by Crippen LogP contribution is -2.36. The smallest absolute Gasteiger partial charge is 0.311 e. The molecule has 1 amide bonds. The van der Waals surface area contributed by atoms with Gasteiger partial charge in [-0.3, -0.25) is 14.9 Å². The summed E-state index contributed by atoms with van der Waals surface area (Å²) >= 11 is 0. The number of rotatable bonds is 5. The molecule has 0 radical (unpaired) electrons. The highest BCUT2D eigenvalue weighted by molar-refractivity contribution is 5.80. The molecule has 18 heavy (non-hydrogen) atoms. The van der Waals surface area contributed by atoms with E-state index in [9.17, 15) is 14.9 Å². The van der Waals surface area contributed by atoms with Crippen LogP contribution in [0.15, 0.2) is 18.2 Å². The van der Waals surface area contributed by atoms with Crippen molar-refractivity contribution < 1.29 is 14.5 Å². The fourth-order valence-corrected chi connectivity index (χ4v) is 1.43. The van der Waals surface area contributed by atoms with Crippen LogP contribution in [0, 0.1) is 17.0 Å². The normalized spacial score (nSPS) is 11.7. The Hall–Kier alpha value is -2.11. The van der Waals surface area contributed by atoms with Gasteiger partial charge in [-0.05, 0) is 32.4 Å². The number of likely N-dealkylation sites (N-methyl/N-ethyl adjacent to an activating group) is 1. The van der Waals surface area contributed by atoms with Crippen molar-refractivity contribution in [3.8, 4) is 5.75 Å². The molecule has 0 spiro atoms. The minimum absolute atomic E-state index is 0.101. The van der Waals surface area contributed by atoms with Crippen molar-refractivity contribution in [2.45, 2.75) is 26.9 Å². The van der Waals surface area contributed by atoms with E-state index in [1.54, 1.807) is 26.8 Å². The van der Waals surface area contributed by atoms with Gasteiger partial charge in [-0.15, -0.1) is 0 Å². The van der Waals surface area contributed by atoms with E-state index in [-0.39, 0.29) is 17.3 Å². The first-order valence-electron chi connectivity index (χ1n) is 5.65. The predicted molar refractivity (Wildman–Crippen MR) is 66.6 cm³/mol. The Morgan fingerprint density at radius 3 is 2.78 bits per heavy atom. The zero-order valence-corrected chi connectivity index (χ0v) is 10.6. The molecule has 98 valence electrons. The molecule has 0 fully saturated rings. The topological polar surface area (TPSA) is 81.5 Å². The summed E-state index contributed by atoms with van der Waals surface area (Å²) in [6, 6.07) is 4.62. The fraction of sp³-hybridized carbons (Fsp3) is 0.417. The number of carbonyl (C=O) groups excluding carboxylic acids is 1. The van der Waals surface area contributed by atoms with Crippen molar-refractivity contribution in [3.63, 3.8) is 0 Å². The van der Waals surface area contributed by atoms with Crippen LogP contribution in [0.4, 0.5) is 5.69 Å².